The third kappa shape index (κ3) is 7.20. The lowest BCUT2D eigenvalue weighted by molar-refractivity contribution is -0.0494. The van der Waals surface area contributed by atoms with Crippen molar-refractivity contribution in [3.63, 3.8) is 0 Å². The number of sulfonamides is 1. The minimum Gasteiger partial charge on any atom is -0.378 e. The Bertz CT molecular complexity index is 575. The fraction of sp³-hybridized carbons (Fsp3) is 0.933. The molecule has 2 rings (SSSR count). The van der Waals surface area contributed by atoms with Crippen LogP contribution in [0.3, 0.4) is 0 Å². The summed E-state index contributed by atoms with van der Waals surface area (Å²) in [4.78, 5) is 4.48. The second kappa shape index (κ2) is 11.0. The maximum absolute atomic E-state index is 12.6. The molecule has 0 aromatic rings. The van der Waals surface area contributed by atoms with E-state index in [9.17, 15) is 21.6 Å². The average molecular weight is 528 g/mol. The Hall–Kier alpha value is -0.340. The van der Waals surface area contributed by atoms with Crippen LogP contribution in [-0.4, -0.2) is 69.1 Å². The van der Waals surface area contributed by atoms with E-state index in [1.807, 2.05) is 6.92 Å². The average Bonchev–Trinajstić information content (AvgIpc) is 3.08. The van der Waals surface area contributed by atoms with E-state index in [4.69, 9.17) is 4.74 Å². The molecule has 0 radical (unpaired) electrons. The SMILES string of the molecule is CCNC(=NCCC1CCCO1)NC1CCN(S(=O)(=O)C(F)(F)F)CC1.I. The van der Waals surface area contributed by atoms with Crippen LogP contribution in [0, 0.1) is 0 Å². The third-order valence-electron chi connectivity index (χ3n) is 4.52. The minimum absolute atomic E-state index is 0. The summed E-state index contributed by atoms with van der Waals surface area (Å²) in [5, 5.41) is 6.30. The second-order valence-electron chi connectivity index (χ2n) is 6.45. The van der Waals surface area contributed by atoms with Gasteiger partial charge >= 0.3 is 15.5 Å². The molecule has 0 saturated carbocycles. The predicted molar refractivity (Wildman–Crippen MR) is 108 cm³/mol. The number of rotatable bonds is 6. The molecule has 27 heavy (non-hydrogen) atoms. The number of nitrogens with zero attached hydrogens (tertiary/aromatic N) is 2. The molecule has 0 aliphatic carbocycles. The van der Waals surface area contributed by atoms with Gasteiger partial charge in [-0.05, 0) is 39.0 Å². The summed E-state index contributed by atoms with van der Waals surface area (Å²) in [6.07, 6.45) is 3.80. The molecule has 0 aromatic heterocycles. The number of alkyl halides is 3. The molecule has 2 fully saturated rings. The number of hydrogen-bond donors (Lipinski definition) is 2. The highest BCUT2D eigenvalue weighted by molar-refractivity contribution is 14.0. The first-order valence-electron chi connectivity index (χ1n) is 8.97. The highest BCUT2D eigenvalue weighted by atomic mass is 127. The molecule has 2 aliphatic heterocycles. The fourth-order valence-electron chi connectivity index (χ4n) is 3.09. The molecular weight excluding hydrogens is 500 g/mol. The van der Waals surface area contributed by atoms with Crippen LogP contribution in [0.15, 0.2) is 4.99 Å². The lowest BCUT2D eigenvalue weighted by atomic mass is 10.1. The van der Waals surface area contributed by atoms with Gasteiger partial charge in [0.2, 0.25) is 0 Å². The normalized spacial score (nSPS) is 23.1. The lowest BCUT2D eigenvalue weighted by Gasteiger charge is -2.32. The summed E-state index contributed by atoms with van der Waals surface area (Å²) in [6.45, 7) is 3.67. The van der Waals surface area contributed by atoms with E-state index in [1.54, 1.807) is 0 Å². The monoisotopic (exact) mass is 528 g/mol. The zero-order valence-corrected chi connectivity index (χ0v) is 18.4. The summed E-state index contributed by atoms with van der Waals surface area (Å²) >= 11 is 0. The van der Waals surface area contributed by atoms with E-state index in [0.717, 1.165) is 25.9 Å². The van der Waals surface area contributed by atoms with Gasteiger partial charge in [0.25, 0.3) is 0 Å². The van der Waals surface area contributed by atoms with Crippen LogP contribution < -0.4 is 10.6 Å². The van der Waals surface area contributed by atoms with Gasteiger partial charge in [-0.25, -0.2) is 8.42 Å². The molecule has 2 heterocycles. The smallest absolute Gasteiger partial charge is 0.378 e. The Kier molecular flexibility index (Phi) is 10.1. The first-order chi connectivity index (χ1) is 12.2. The van der Waals surface area contributed by atoms with Crippen LogP contribution in [-0.2, 0) is 14.8 Å². The van der Waals surface area contributed by atoms with E-state index in [1.165, 1.54) is 0 Å². The first-order valence-corrected chi connectivity index (χ1v) is 10.4. The van der Waals surface area contributed by atoms with Gasteiger partial charge in [-0.15, -0.1) is 24.0 Å². The van der Waals surface area contributed by atoms with Crippen molar-refractivity contribution in [2.75, 3.05) is 32.8 Å². The third-order valence-corrected chi connectivity index (χ3v) is 6.15. The Labute approximate surface area is 175 Å². The number of ether oxygens (including phenoxy) is 1. The van der Waals surface area contributed by atoms with Gasteiger partial charge < -0.3 is 15.4 Å². The van der Waals surface area contributed by atoms with Crippen molar-refractivity contribution in [2.45, 2.75) is 56.7 Å². The van der Waals surface area contributed by atoms with E-state index < -0.39 is 15.5 Å². The molecule has 160 valence electrons. The Morgan fingerprint density at radius 1 is 1.26 bits per heavy atom. The van der Waals surface area contributed by atoms with Crippen molar-refractivity contribution in [3.8, 4) is 0 Å². The number of halogens is 4. The van der Waals surface area contributed by atoms with Crippen LogP contribution in [0.5, 0.6) is 0 Å². The number of piperidine rings is 1. The highest BCUT2D eigenvalue weighted by Crippen LogP contribution is 2.28. The van der Waals surface area contributed by atoms with E-state index >= 15 is 0 Å². The summed E-state index contributed by atoms with van der Waals surface area (Å²) in [5.74, 6) is 0.600. The number of aliphatic imine (C=N–C) groups is 1. The number of hydrogen-bond acceptors (Lipinski definition) is 4. The van der Waals surface area contributed by atoms with E-state index in [2.05, 4.69) is 15.6 Å². The van der Waals surface area contributed by atoms with Gasteiger partial charge in [0.15, 0.2) is 5.96 Å². The molecule has 2 aliphatic rings. The van der Waals surface area contributed by atoms with Crippen molar-refractivity contribution in [3.05, 3.63) is 0 Å². The molecular formula is C15H28F3IN4O3S. The predicted octanol–water partition coefficient (Wildman–Crippen LogP) is 2.04. The summed E-state index contributed by atoms with van der Waals surface area (Å²) in [5.41, 5.74) is -5.24. The van der Waals surface area contributed by atoms with Gasteiger partial charge in [0.1, 0.15) is 0 Å². The van der Waals surface area contributed by atoms with Crippen molar-refractivity contribution in [1.29, 1.82) is 0 Å². The van der Waals surface area contributed by atoms with Crippen LogP contribution in [0.25, 0.3) is 0 Å². The zero-order chi connectivity index (χ0) is 19.2. The van der Waals surface area contributed by atoms with Crippen molar-refractivity contribution >= 4 is 40.0 Å². The topological polar surface area (TPSA) is 83.0 Å². The van der Waals surface area contributed by atoms with E-state index in [-0.39, 0.29) is 49.2 Å². The molecule has 2 saturated heterocycles. The molecule has 0 bridgehead atoms. The summed E-state index contributed by atoms with van der Waals surface area (Å²) < 4.78 is 66.8. The Balaban J connectivity index is 0.00000364. The molecule has 12 heteroatoms. The van der Waals surface area contributed by atoms with Gasteiger partial charge in [0, 0.05) is 38.8 Å². The molecule has 0 spiro atoms. The van der Waals surface area contributed by atoms with Crippen molar-refractivity contribution in [2.24, 2.45) is 4.99 Å². The van der Waals surface area contributed by atoms with Gasteiger partial charge in [-0.2, -0.15) is 17.5 Å². The van der Waals surface area contributed by atoms with Crippen LogP contribution in [0.1, 0.15) is 39.0 Å². The molecule has 7 nitrogen and oxygen atoms in total. The van der Waals surface area contributed by atoms with Gasteiger partial charge in [-0.1, -0.05) is 0 Å². The maximum atomic E-state index is 12.6. The number of guanidine groups is 1. The van der Waals surface area contributed by atoms with Crippen molar-refractivity contribution in [1.82, 2.24) is 14.9 Å². The first kappa shape index (κ1) is 24.7. The maximum Gasteiger partial charge on any atom is 0.511 e. The fourth-order valence-corrected chi connectivity index (χ4v) is 4.08. The summed E-state index contributed by atoms with van der Waals surface area (Å²) in [7, 11) is -5.24. The Morgan fingerprint density at radius 2 is 1.93 bits per heavy atom. The van der Waals surface area contributed by atoms with E-state index in [0.29, 0.717) is 36.2 Å². The largest absolute Gasteiger partial charge is 0.511 e. The van der Waals surface area contributed by atoms with Crippen molar-refractivity contribution < 1.29 is 26.3 Å². The molecule has 0 aromatic carbocycles. The lowest BCUT2D eigenvalue weighted by Crippen LogP contribution is -2.51. The standard InChI is InChI=1S/C15H27F3N4O3S.HI/c1-2-19-14(20-8-5-13-4-3-11-25-13)21-12-6-9-22(10-7-12)26(23,24)15(16,17)18;/h12-13H,2-11H2,1H3,(H2,19,20,21);1H. The van der Waals surface area contributed by atoms with Gasteiger partial charge in [-0.3, -0.25) is 4.99 Å². The van der Waals surface area contributed by atoms with Crippen LogP contribution >= 0.6 is 24.0 Å². The second-order valence-corrected chi connectivity index (χ2v) is 8.38. The zero-order valence-electron chi connectivity index (χ0n) is 15.3. The van der Waals surface area contributed by atoms with Gasteiger partial charge in [0.05, 0.1) is 6.10 Å². The van der Waals surface area contributed by atoms with Crippen LogP contribution in [0.2, 0.25) is 0 Å². The number of nitrogens with one attached hydrogen (secondary N) is 2. The molecule has 2 N–H and O–H groups in total. The molecule has 0 amide bonds. The quantitative estimate of drug-likeness (QED) is 0.314. The molecule has 1 atom stereocenters. The highest BCUT2D eigenvalue weighted by Gasteiger charge is 2.50. The minimum atomic E-state index is -5.24. The molecule has 1 unspecified atom stereocenters. The summed E-state index contributed by atoms with van der Waals surface area (Å²) in [6, 6.07) is -0.116. The van der Waals surface area contributed by atoms with Crippen LogP contribution in [0.4, 0.5) is 13.2 Å². The Morgan fingerprint density at radius 3 is 2.44 bits per heavy atom.